The summed E-state index contributed by atoms with van der Waals surface area (Å²) in [6, 6.07) is -2.20. The second kappa shape index (κ2) is 25.4. The molecule has 2 rings (SSSR count). The van der Waals surface area contributed by atoms with Gasteiger partial charge in [-0.1, -0.05) is 13.8 Å². The molecule has 0 saturated heterocycles. The highest BCUT2D eigenvalue weighted by Crippen LogP contribution is 2.38. The molecule has 0 radical (unpaired) electrons. The van der Waals surface area contributed by atoms with Gasteiger partial charge in [0.05, 0.1) is 94.5 Å². The topological polar surface area (TPSA) is 339 Å². The van der Waals surface area contributed by atoms with Crippen LogP contribution in [0, 0.1) is 27.7 Å². The van der Waals surface area contributed by atoms with Gasteiger partial charge in [-0.15, -0.1) is 0 Å². The Balaban J connectivity index is 2.96. The van der Waals surface area contributed by atoms with Gasteiger partial charge in [-0.25, -0.2) is 0 Å². The number of benzene rings is 2. The number of carbonyl (C=O) groups is 6. The number of aliphatic hydroxyl groups is 9. The van der Waals surface area contributed by atoms with Crippen LogP contribution in [-0.2, 0) is 22.4 Å². The van der Waals surface area contributed by atoms with Crippen molar-refractivity contribution in [1.82, 2.24) is 21.3 Å². The molecule has 2 atom stereocenters. The number of hydrogen-bond acceptors (Lipinski definition) is 15. The van der Waals surface area contributed by atoms with Gasteiger partial charge in [-0.3, -0.25) is 28.8 Å². The van der Waals surface area contributed by atoms with Crippen LogP contribution in [0.25, 0.3) is 0 Å². The second-order valence-electron chi connectivity index (χ2n) is 15.4. The SMILES string of the molecule is CCc1c(C(=O)NC(CO)CO)c(C)c(C(=O)NCC(O)CO)c(C)c1N(CC(O)CN(C(C)=O)c1c(C)c(C(=O)NCC(O)CO)c(C)c(C(=O)NC(CO)CO)c1CC)C(C)=O. The summed E-state index contributed by atoms with van der Waals surface area (Å²) in [6.45, 7) is 5.92. The van der Waals surface area contributed by atoms with Gasteiger partial charge in [0, 0.05) is 49.2 Å². The Morgan fingerprint density at radius 3 is 1.03 bits per heavy atom. The first-order valence-corrected chi connectivity index (χ1v) is 20.9. The molecular formula is C43H66N6O15. The molecule has 64 heavy (non-hydrogen) atoms. The lowest BCUT2D eigenvalue weighted by molar-refractivity contribution is -0.117. The quantitative estimate of drug-likeness (QED) is 0.0504. The minimum atomic E-state index is -1.62. The monoisotopic (exact) mass is 906 g/mol. The van der Waals surface area contributed by atoms with Crippen LogP contribution in [0.5, 0.6) is 0 Å². The number of anilines is 2. The number of nitrogens with one attached hydrogen (secondary N) is 4. The molecule has 13 N–H and O–H groups in total. The van der Waals surface area contributed by atoms with Crippen LogP contribution in [-0.4, -0.2) is 178 Å². The number of hydrogen-bond donors (Lipinski definition) is 13. The van der Waals surface area contributed by atoms with Crippen LogP contribution in [0.1, 0.15) is 103 Å². The molecule has 358 valence electrons. The predicted molar refractivity (Wildman–Crippen MR) is 234 cm³/mol. The van der Waals surface area contributed by atoms with Crippen molar-refractivity contribution in [2.45, 2.75) is 98.6 Å². The van der Waals surface area contributed by atoms with E-state index in [4.69, 9.17) is 0 Å². The minimum Gasteiger partial charge on any atom is -0.394 e. The first kappa shape index (κ1) is 55.0. The summed E-state index contributed by atoms with van der Waals surface area (Å²) in [5.74, 6) is -4.53. The second-order valence-corrected chi connectivity index (χ2v) is 15.4. The van der Waals surface area contributed by atoms with Crippen LogP contribution in [0.2, 0.25) is 0 Å². The van der Waals surface area contributed by atoms with E-state index < -0.39 is 119 Å². The van der Waals surface area contributed by atoms with Gasteiger partial charge < -0.3 is 77.0 Å². The fourth-order valence-corrected chi connectivity index (χ4v) is 7.68. The van der Waals surface area contributed by atoms with Gasteiger partial charge in [-0.2, -0.15) is 0 Å². The highest BCUT2D eigenvalue weighted by Gasteiger charge is 2.35. The molecule has 6 amide bonds. The minimum absolute atomic E-state index is 0.0441. The predicted octanol–water partition coefficient (Wildman–Crippen LogP) is -2.86. The largest absolute Gasteiger partial charge is 0.394 e. The Labute approximate surface area is 372 Å². The third-order valence-electron chi connectivity index (χ3n) is 10.8. The van der Waals surface area contributed by atoms with Crippen LogP contribution in [0.4, 0.5) is 11.4 Å². The summed E-state index contributed by atoms with van der Waals surface area (Å²) in [4.78, 5) is 85.1. The molecule has 0 heterocycles. The average molecular weight is 907 g/mol. The maximum absolute atomic E-state index is 13.9. The molecular weight excluding hydrogens is 840 g/mol. The Hall–Kier alpha value is -5.10. The summed E-state index contributed by atoms with van der Waals surface area (Å²) < 4.78 is 0. The molecule has 2 aromatic carbocycles. The van der Waals surface area contributed by atoms with Crippen molar-refractivity contribution in [2.75, 3.05) is 75.6 Å². The molecule has 0 aromatic heterocycles. The van der Waals surface area contributed by atoms with Crippen molar-refractivity contribution in [2.24, 2.45) is 0 Å². The summed E-state index contributed by atoms with van der Waals surface area (Å²) in [7, 11) is 0. The van der Waals surface area contributed by atoms with Crippen LogP contribution in [0.15, 0.2) is 0 Å². The van der Waals surface area contributed by atoms with Crippen molar-refractivity contribution in [3.05, 3.63) is 55.6 Å². The van der Waals surface area contributed by atoms with Crippen molar-refractivity contribution in [1.29, 1.82) is 0 Å². The Morgan fingerprint density at radius 1 is 0.469 bits per heavy atom. The Morgan fingerprint density at radius 2 is 0.781 bits per heavy atom. The van der Waals surface area contributed by atoms with E-state index in [1.165, 1.54) is 41.5 Å². The normalized spacial score (nSPS) is 12.7. The number of aliphatic hydroxyl groups excluding tert-OH is 9. The number of amides is 6. The molecule has 0 bridgehead atoms. The summed E-state index contributed by atoms with van der Waals surface area (Å²) in [5, 5.41) is 99.6. The van der Waals surface area contributed by atoms with E-state index in [-0.39, 0.29) is 92.9 Å². The maximum atomic E-state index is 13.9. The number of rotatable bonds is 24. The van der Waals surface area contributed by atoms with E-state index in [1.54, 1.807) is 13.8 Å². The lowest BCUT2D eigenvalue weighted by Gasteiger charge is -2.34. The third-order valence-corrected chi connectivity index (χ3v) is 10.8. The van der Waals surface area contributed by atoms with E-state index in [9.17, 15) is 74.7 Å². The third kappa shape index (κ3) is 13.0. The molecule has 0 fully saturated rings. The molecule has 0 aliphatic rings. The van der Waals surface area contributed by atoms with Crippen molar-refractivity contribution in [3.63, 3.8) is 0 Å². The molecule has 2 aromatic rings. The molecule has 2 unspecified atom stereocenters. The highest BCUT2D eigenvalue weighted by atomic mass is 16.3. The van der Waals surface area contributed by atoms with Gasteiger partial charge in [0.1, 0.15) is 0 Å². The molecule has 0 aliphatic heterocycles. The molecule has 21 heteroatoms. The Bertz CT molecular complexity index is 1860. The van der Waals surface area contributed by atoms with Gasteiger partial charge in [0.15, 0.2) is 0 Å². The molecule has 21 nitrogen and oxygen atoms in total. The van der Waals surface area contributed by atoms with Crippen molar-refractivity contribution in [3.8, 4) is 0 Å². The summed E-state index contributed by atoms with van der Waals surface area (Å²) in [5.41, 5.74) is 0.876. The van der Waals surface area contributed by atoms with E-state index in [0.717, 1.165) is 9.80 Å². The van der Waals surface area contributed by atoms with Crippen molar-refractivity contribution >= 4 is 46.8 Å². The van der Waals surface area contributed by atoms with E-state index in [2.05, 4.69) is 21.3 Å². The number of nitrogens with zero attached hydrogens (tertiary/aromatic N) is 2. The molecule has 0 spiro atoms. The fraction of sp³-hybridized carbons (Fsp3) is 0.581. The van der Waals surface area contributed by atoms with Gasteiger partial charge in [0.25, 0.3) is 23.6 Å². The van der Waals surface area contributed by atoms with Gasteiger partial charge in [-0.05, 0) is 73.9 Å². The first-order valence-electron chi connectivity index (χ1n) is 20.9. The van der Waals surface area contributed by atoms with E-state index in [1.807, 2.05) is 0 Å². The zero-order valence-corrected chi connectivity index (χ0v) is 37.7. The zero-order chi connectivity index (χ0) is 48.7. The lowest BCUT2D eigenvalue weighted by atomic mass is 9.87. The average Bonchev–Trinajstić information content (AvgIpc) is 3.26. The lowest BCUT2D eigenvalue weighted by Crippen LogP contribution is -2.46. The standard InChI is InChI=1S/C43H66N6O15/c1-9-32-36(42(63)46-27(15-50)16-51)21(3)34(40(61)44-11-29(58)19-54)23(5)38(32)48(25(7)56)13-31(60)14-49(26(8)57)39-24(6)35(41(62)45-12-30(59)20-55)22(4)37(33(39)10-2)43(64)47-28(17-52)18-53/h27-31,50-55,58-60H,9-20H2,1-8H3,(H,44,61)(H,45,62)(H,46,63)(H,47,64). The summed E-state index contributed by atoms with van der Waals surface area (Å²) in [6.07, 6.45) is -4.12. The Kier molecular flexibility index (Phi) is 21.8. The smallest absolute Gasteiger partial charge is 0.252 e. The highest BCUT2D eigenvalue weighted by molar-refractivity contribution is 6.10. The van der Waals surface area contributed by atoms with E-state index >= 15 is 0 Å². The van der Waals surface area contributed by atoms with Gasteiger partial charge in [0.2, 0.25) is 11.8 Å². The van der Waals surface area contributed by atoms with Crippen molar-refractivity contribution < 1.29 is 74.7 Å². The van der Waals surface area contributed by atoms with Crippen LogP contribution < -0.4 is 31.1 Å². The molecule has 0 saturated carbocycles. The number of carbonyl (C=O) groups excluding carboxylic acids is 6. The summed E-state index contributed by atoms with van der Waals surface area (Å²) >= 11 is 0. The van der Waals surface area contributed by atoms with Crippen LogP contribution >= 0.6 is 0 Å². The zero-order valence-electron chi connectivity index (χ0n) is 37.7. The van der Waals surface area contributed by atoms with E-state index in [0.29, 0.717) is 0 Å². The maximum Gasteiger partial charge on any atom is 0.252 e. The fourth-order valence-electron chi connectivity index (χ4n) is 7.68. The van der Waals surface area contributed by atoms with Gasteiger partial charge >= 0.3 is 0 Å². The first-order chi connectivity index (χ1) is 30.1. The van der Waals surface area contributed by atoms with Crippen LogP contribution in [0.3, 0.4) is 0 Å². The molecule has 0 aliphatic carbocycles.